The molecule has 0 aliphatic heterocycles. The topological polar surface area (TPSA) is 453 Å². The summed E-state index contributed by atoms with van der Waals surface area (Å²) in [5.74, 6) is -9.20. The largest absolute Gasteiger partial charge is 0.480 e. The van der Waals surface area contributed by atoms with Crippen LogP contribution in [0.5, 0.6) is 0 Å². The van der Waals surface area contributed by atoms with E-state index in [1.807, 2.05) is 6.07 Å². The molecule has 0 saturated heterocycles. The first-order chi connectivity index (χ1) is 36.2. The lowest BCUT2D eigenvalue weighted by atomic mass is 10.0. The van der Waals surface area contributed by atoms with Crippen molar-refractivity contribution in [1.29, 1.82) is 10.8 Å². The highest BCUT2D eigenvalue weighted by Gasteiger charge is 2.35. The minimum atomic E-state index is -1.77. The molecule has 414 valence electrons. The summed E-state index contributed by atoms with van der Waals surface area (Å²) in [6.07, 6.45) is 1.22. The van der Waals surface area contributed by atoms with Crippen LogP contribution in [0.25, 0.3) is 10.9 Å². The summed E-state index contributed by atoms with van der Waals surface area (Å²) in [4.78, 5) is 136. The lowest BCUT2D eigenvalue weighted by Gasteiger charge is -2.28. The van der Waals surface area contributed by atoms with Crippen LogP contribution >= 0.6 is 0 Å². The summed E-state index contributed by atoms with van der Waals surface area (Å²) in [6.45, 7) is 1.88. The van der Waals surface area contributed by atoms with Crippen molar-refractivity contribution in [3.05, 3.63) is 71.9 Å². The van der Waals surface area contributed by atoms with Gasteiger partial charge in [0.2, 0.25) is 47.3 Å². The van der Waals surface area contributed by atoms with Gasteiger partial charge in [0.1, 0.15) is 48.6 Å². The lowest BCUT2D eigenvalue weighted by Crippen LogP contribution is -2.60. The Labute approximate surface area is 438 Å². The molecule has 27 heteroatoms. The maximum absolute atomic E-state index is 14.5. The van der Waals surface area contributed by atoms with Gasteiger partial charge in [0.05, 0.1) is 6.42 Å². The van der Waals surface area contributed by atoms with Crippen molar-refractivity contribution in [2.75, 3.05) is 26.7 Å². The zero-order valence-corrected chi connectivity index (χ0v) is 42.6. The summed E-state index contributed by atoms with van der Waals surface area (Å²) in [6, 6.07) is 5.41. The fourth-order valence-corrected chi connectivity index (χ4v) is 7.92. The molecule has 0 bridgehead atoms. The number of hydrogen-bond donors (Lipinski definition) is 17. The van der Waals surface area contributed by atoms with Crippen LogP contribution < -0.4 is 70.4 Å². The van der Waals surface area contributed by atoms with Gasteiger partial charge < -0.3 is 85.3 Å². The fourth-order valence-electron chi connectivity index (χ4n) is 7.92. The number of fused-ring (bicyclic) bond motifs is 1. The number of nitrogens with two attached hydrogens (primary N) is 3. The van der Waals surface area contributed by atoms with Crippen LogP contribution in [0.3, 0.4) is 0 Å². The number of guanidine groups is 2. The first-order valence-corrected chi connectivity index (χ1v) is 24.7. The summed E-state index contributed by atoms with van der Waals surface area (Å²) < 4.78 is 0. The summed E-state index contributed by atoms with van der Waals surface area (Å²) in [7, 11) is 1.70. The summed E-state index contributed by atoms with van der Waals surface area (Å²) in [5, 5.41) is 51.6. The highest BCUT2D eigenvalue weighted by Crippen LogP contribution is 2.20. The first-order valence-electron chi connectivity index (χ1n) is 24.7. The lowest BCUT2D eigenvalue weighted by molar-refractivity contribution is -0.142. The third kappa shape index (κ3) is 22.2. The van der Waals surface area contributed by atoms with Crippen LogP contribution in [-0.2, 0) is 60.8 Å². The van der Waals surface area contributed by atoms with E-state index in [2.05, 4.69) is 58.2 Å². The number of carboxylic acids is 1. The Balaban J connectivity index is 1.98. The number of primary amides is 1. The van der Waals surface area contributed by atoms with Gasteiger partial charge in [-0.05, 0) is 75.7 Å². The van der Waals surface area contributed by atoms with Gasteiger partial charge in [-0.1, -0.05) is 48.5 Å². The van der Waals surface area contributed by atoms with Gasteiger partial charge in [-0.2, -0.15) is 0 Å². The molecule has 0 unspecified atom stereocenters. The predicted molar refractivity (Wildman–Crippen MR) is 280 cm³/mol. The SMILES string of the molecule is CNCCC[C@H](NC(=O)[C@H](Cc1c[nH]c2ccccc12)NC(=O)[C@H](CCCNC(=N)N)NC(=O)[C@@H](Cc1ccccc1)NC(=O)[C@H](CC(N)=O)NC(=O)[C@H](CCC=O)NC(=O)[C@H](CCCNC(=N)N)NC(C)=O)C(=O)O. The van der Waals surface area contributed by atoms with E-state index in [9.17, 15) is 53.1 Å². The van der Waals surface area contributed by atoms with Gasteiger partial charge in [0.15, 0.2) is 11.9 Å². The van der Waals surface area contributed by atoms with E-state index in [1.54, 1.807) is 61.8 Å². The smallest absolute Gasteiger partial charge is 0.326 e. The second-order valence-electron chi connectivity index (χ2n) is 17.8. The molecular formula is C49H72N16O11. The molecule has 0 radical (unpaired) electrons. The van der Waals surface area contributed by atoms with E-state index in [-0.39, 0.29) is 82.8 Å². The molecule has 3 aromatic rings. The zero-order valence-electron chi connectivity index (χ0n) is 42.6. The van der Waals surface area contributed by atoms with Gasteiger partial charge in [-0.15, -0.1) is 0 Å². The summed E-state index contributed by atoms with van der Waals surface area (Å²) >= 11 is 0. The van der Waals surface area contributed by atoms with Crippen molar-refractivity contribution in [3.8, 4) is 0 Å². The first kappa shape index (κ1) is 61.7. The number of aromatic amines is 1. The standard InChI is InChI=1S/C49H72N16O11/c1-28(67)59-33(16-9-21-56-48(51)52)41(69)60-35(19-11-23-66)43(71)65-39(26-40(50)68)46(74)63-37(24-29-12-4-3-5-13-29)44(72)61-34(17-10-22-57-49(53)54)42(70)64-38(25-30-27-58-32-15-7-6-14-31(30)32)45(73)62-36(47(75)76)18-8-20-55-2/h3-7,12-15,23,27,33-39,55,58H,8-11,16-22,24-26H2,1-2H3,(H2,50,68)(H,59,67)(H,60,69)(H,61,72)(H,62,73)(H,63,74)(H,64,70)(H,65,71)(H,75,76)(H4,51,52,56)(H4,53,54,57)/t33-,34-,35-,36-,37+,38-,39-/m0/s1. The molecule has 2 aromatic carbocycles. The Morgan fingerprint density at radius 3 is 1.55 bits per heavy atom. The van der Waals surface area contributed by atoms with E-state index in [0.717, 1.165) is 10.9 Å². The molecule has 0 aliphatic carbocycles. The number of carboxylic acid groups (broad SMARTS) is 1. The van der Waals surface area contributed by atoms with E-state index in [0.29, 0.717) is 30.4 Å². The normalized spacial score (nSPS) is 13.6. The average molecular weight is 1060 g/mol. The van der Waals surface area contributed by atoms with Crippen LogP contribution in [0, 0.1) is 10.8 Å². The number of para-hydroxylation sites is 1. The third-order valence-corrected chi connectivity index (χ3v) is 11.7. The molecule has 1 heterocycles. The number of aliphatic carboxylic acids is 1. The number of H-pyrrole nitrogens is 1. The average Bonchev–Trinajstić information content (AvgIpc) is 3.78. The van der Waals surface area contributed by atoms with Gasteiger partial charge in [-0.3, -0.25) is 49.2 Å². The van der Waals surface area contributed by atoms with Crippen molar-refractivity contribution >= 4 is 82.3 Å². The third-order valence-electron chi connectivity index (χ3n) is 11.7. The van der Waals surface area contributed by atoms with E-state index < -0.39 is 102 Å². The quantitative estimate of drug-likeness (QED) is 0.0120. The number of aldehydes is 1. The highest BCUT2D eigenvalue weighted by molar-refractivity contribution is 5.99. The Kier molecular flexibility index (Phi) is 26.4. The van der Waals surface area contributed by atoms with Crippen LogP contribution in [0.15, 0.2) is 60.8 Å². The zero-order chi connectivity index (χ0) is 56.2. The van der Waals surface area contributed by atoms with Crippen molar-refractivity contribution in [1.82, 2.24) is 58.2 Å². The monoisotopic (exact) mass is 1060 g/mol. The molecule has 76 heavy (non-hydrogen) atoms. The number of rotatable bonds is 35. The second kappa shape index (κ2) is 32.5. The number of carbonyl (C=O) groups excluding carboxylic acids is 9. The molecule has 0 fully saturated rings. The molecule has 7 atom stereocenters. The van der Waals surface area contributed by atoms with Crippen molar-refractivity contribution in [2.24, 2.45) is 17.2 Å². The molecule has 0 saturated carbocycles. The van der Waals surface area contributed by atoms with Crippen molar-refractivity contribution < 1.29 is 53.1 Å². The number of amides is 8. The number of carbonyl (C=O) groups is 10. The Bertz CT molecular complexity index is 2490. The molecule has 0 aliphatic rings. The van der Waals surface area contributed by atoms with Crippen molar-refractivity contribution in [2.45, 2.75) is 120 Å². The highest BCUT2D eigenvalue weighted by atomic mass is 16.4. The number of hydrogen-bond acceptors (Lipinski definition) is 13. The second-order valence-corrected chi connectivity index (χ2v) is 17.8. The van der Waals surface area contributed by atoms with Crippen LogP contribution in [-0.4, -0.2) is 150 Å². The molecule has 20 N–H and O–H groups in total. The van der Waals surface area contributed by atoms with Crippen LogP contribution in [0.4, 0.5) is 0 Å². The van der Waals surface area contributed by atoms with E-state index in [1.165, 1.54) is 6.92 Å². The predicted octanol–water partition coefficient (Wildman–Crippen LogP) is -3.17. The van der Waals surface area contributed by atoms with Gasteiger partial charge in [0, 0.05) is 56.4 Å². The van der Waals surface area contributed by atoms with Crippen LogP contribution in [0.1, 0.15) is 75.8 Å². The maximum Gasteiger partial charge on any atom is 0.326 e. The van der Waals surface area contributed by atoms with Gasteiger partial charge >= 0.3 is 5.97 Å². The Hall–Kier alpha value is -8.62. The number of aromatic nitrogens is 1. The Morgan fingerprint density at radius 2 is 1.03 bits per heavy atom. The van der Waals surface area contributed by atoms with Crippen LogP contribution in [0.2, 0.25) is 0 Å². The molecule has 8 amide bonds. The molecule has 1 aromatic heterocycles. The molecular weight excluding hydrogens is 989 g/mol. The maximum atomic E-state index is 14.5. The van der Waals surface area contributed by atoms with Crippen molar-refractivity contribution in [3.63, 3.8) is 0 Å². The number of nitrogens with one attached hydrogen (secondary N) is 13. The molecule has 3 rings (SSSR count). The van der Waals surface area contributed by atoms with E-state index >= 15 is 0 Å². The number of benzene rings is 2. The van der Waals surface area contributed by atoms with Gasteiger partial charge in [0.25, 0.3) is 0 Å². The molecule has 0 spiro atoms. The van der Waals surface area contributed by atoms with Gasteiger partial charge in [-0.25, -0.2) is 4.79 Å². The molecule has 27 nitrogen and oxygen atoms in total. The summed E-state index contributed by atoms with van der Waals surface area (Å²) in [5.41, 5.74) is 18.2. The minimum Gasteiger partial charge on any atom is -0.480 e. The fraction of sp³-hybridized carbons (Fsp3) is 0.469. The van der Waals surface area contributed by atoms with E-state index in [4.69, 9.17) is 28.0 Å². The minimum absolute atomic E-state index is 0.0364. The Morgan fingerprint density at radius 1 is 0.579 bits per heavy atom.